The molecular formula is C11H11BrF4N4O2. The normalized spacial score (nSPS) is 23.3. The number of hydrogen-bond donors (Lipinski definition) is 1. The fourth-order valence-corrected chi connectivity index (χ4v) is 2.24. The first-order chi connectivity index (χ1) is 10.2. The van der Waals surface area contributed by atoms with Gasteiger partial charge in [-0.3, -0.25) is 9.48 Å². The highest BCUT2D eigenvalue weighted by molar-refractivity contribution is 9.10. The third-order valence-corrected chi connectivity index (χ3v) is 3.58. The smallest absolute Gasteiger partial charge is 0.287 e. The number of aromatic nitrogens is 2. The summed E-state index contributed by atoms with van der Waals surface area (Å²) in [5.74, 6) is -1.07. The van der Waals surface area contributed by atoms with Gasteiger partial charge in [-0.25, -0.2) is 17.6 Å². The van der Waals surface area contributed by atoms with Gasteiger partial charge in [-0.15, -0.1) is 0 Å². The molecule has 0 bridgehead atoms. The molecule has 122 valence electrons. The number of nitrogens with zero attached hydrogens (tertiary/aromatic N) is 4. The van der Waals surface area contributed by atoms with Crippen LogP contribution in [0.5, 0.6) is 0 Å². The van der Waals surface area contributed by atoms with Crippen LogP contribution in [0.15, 0.2) is 22.0 Å². The topological polar surface area (TPSA) is 70.7 Å². The van der Waals surface area contributed by atoms with E-state index in [4.69, 9.17) is 0 Å². The molecule has 1 N–H and O–H groups in total. The Labute approximate surface area is 130 Å². The Hall–Kier alpha value is -1.49. The van der Waals surface area contributed by atoms with Crippen molar-refractivity contribution in [3.63, 3.8) is 0 Å². The number of carbonyl (C=O) groups excluding carboxylic acids is 1. The lowest BCUT2D eigenvalue weighted by Crippen LogP contribution is -2.53. The van der Waals surface area contributed by atoms with Crippen LogP contribution in [0.2, 0.25) is 0 Å². The van der Waals surface area contributed by atoms with Crippen molar-refractivity contribution in [2.45, 2.75) is 38.0 Å². The summed E-state index contributed by atoms with van der Waals surface area (Å²) in [6, 6.07) is -1.11. The van der Waals surface area contributed by atoms with Gasteiger partial charge in [0.2, 0.25) is 5.72 Å². The highest BCUT2D eigenvalue weighted by atomic mass is 79.9. The molecule has 1 aliphatic heterocycles. The van der Waals surface area contributed by atoms with Crippen LogP contribution >= 0.6 is 15.9 Å². The molecule has 2 rings (SSSR count). The van der Waals surface area contributed by atoms with Crippen LogP contribution in [0.1, 0.15) is 19.4 Å². The Bertz CT molecular complexity index is 609. The first-order valence-electron chi connectivity index (χ1n) is 6.06. The van der Waals surface area contributed by atoms with E-state index in [2.05, 4.69) is 26.1 Å². The van der Waals surface area contributed by atoms with E-state index in [0.717, 1.165) is 4.68 Å². The average molecular weight is 387 g/mol. The maximum Gasteiger partial charge on any atom is 0.287 e. The van der Waals surface area contributed by atoms with Gasteiger partial charge in [-0.1, -0.05) is 0 Å². The second-order valence-electron chi connectivity index (χ2n) is 4.71. The summed E-state index contributed by atoms with van der Waals surface area (Å²) in [7, 11) is 0. The standard InChI is InChI=1S/C11H11BrF4N4O2/c1-5(19-4-6(12)3-17-19)9(21)20-11(22,10(15)16)2-7(18-20)8(13)14/h3-5,8,10,22H,2H2,1H3/t5-,11+/m0/s1. The number of hydrazone groups is 1. The number of halogens is 5. The van der Waals surface area contributed by atoms with Crippen LogP contribution in [-0.2, 0) is 4.79 Å². The molecule has 2 heterocycles. The zero-order valence-corrected chi connectivity index (χ0v) is 12.7. The van der Waals surface area contributed by atoms with Crippen molar-refractivity contribution in [3.8, 4) is 0 Å². The van der Waals surface area contributed by atoms with E-state index in [-0.39, 0.29) is 5.01 Å². The molecule has 0 saturated heterocycles. The zero-order chi connectivity index (χ0) is 16.7. The average Bonchev–Trinajstić information content (AvgIpc) is 3.02. The highest BCUT2D eigenvalue weighted by Crippen LogP contribution is 2.34. The lowest BCUT2D eigenvalue weighted by molar-refractivity contribution is -0.194. The van der Waals surface area contributed by atoms with Crippen LogP contribution in [0.25, 0.3) is 0 Å². The molecule has 1 aliphatic rings. The highest BCUT2D eigenvalue weighted by Gasteiger charge is 2.54. The number of carbonyl (C=O) groups is 1. The molecule has 6 nitrogen and oxygen atoms in total. The maximum absolute atomic E-state index is 13.0. The van der Waals surface area contributed by atoms with Crippen LogP contribution in [0, 0.1) is 0 Å². The van der Waals surface area contributed by atoms with Gasteiger partial charge in [0.15, 0.2) is 0 Å². The predicted octanol–water partition coefficient (Wildman–Crippen LogP) is 2.01. The molecule has 11 heteroatoms. The van der Waals surface area contributed by atoms with Crippen molar-refractivity contribution >= 4 is 27.5 Å². The molecule has 0 spiro atoms. The van der Waals surface area contributed by atoms with Crippen molar-refractivity contribution in [2.24, 2.45) is 5.10 Å². The van der Waals surface area contributed by atoms with Crippen molar-refractivity contribution in [3.05, 3.63) is 16.9 Å². The zero-order valence-electron chi connectivity index (χ0n) is 11.1. The lowest BCUT2D eigenvalue weighted by atomic mass is 10.1. The maximum atomic E-state index is 13.0. The molecule has 1 aromatic rings. The summed E-state index contributed by atoms with van der Waals surface area (Å²) in [5, 5.41) is 16.9. The fourth-order valence-electron chi connectivity index (χ4n) is 1.94. The summed E-state index contributed by atoms with van der Waals surface area (Å²) in [5.41, 5.74) is -4.05. The predicted molar refractivity (Wildman–Crippen MR) is 70.5 cm³/mol. The lowest BCUT2D eigenvalue weighted by Gasteiger charge is -2.31. The van der Waals surface area contributed by atoms with Crippen LogP contribution in [0.3, 0.4) is 0 Å². The molecule has 0 unspecified atom stereocenters. The Kier molecular flexibility index (Phi) is 4.57. The minimum absolute atomic E-state index is 0.0272. The fraction of sp³-hybridized carbons (Fsp3) is 0.545. The molecule has 22 heavy (non-hydrogen) atoms. The minimum atomic E-state index is -3.45. The van der Waals surface area contributed by atoms with Crippen molar-refractivity contribution in [1.29, 1.82) is 0 Å². The summed E-state index contributed by atoms with van der Waals surface area (Å²) >= 11 is 3.10. The summed E-state index contributed by atoms with van der Waals surface area (Å²) < 4.78 is 53.1. The second-order valence-corrected chi connectivity index (χ2v) is 5.63. The van der Waals surface area contributed by atoms with Gasteiger partial charge in [0.25, 0.3) is 18.8 Å². The molecule has 0 fully saturated rings. The molecule has 1 amide bonds. The Balaban J connectivity index is 2.32. The third-order valence-electron chi connectivity index (χ3n) is 3.17. The van der Waals surface area contributed by atoms with Gasteiger partial charge in [0.1, 0.15) is 11.8 Å². The molecule has 0 radical (unpaired) electrons. The van der Waals surface area contributed by atoms with Crippen molar-refractivity contribution in [1.82, 2.24) is 14.8 Å². The summed E-state index contributed by atoms with van der Waals surface area (Å²) in [4.78, 5) is 12.2. The van der Waals surface area contributed by atoms with Gasteiger partial charge < -0.3 is 5.11 Å². The Morgan fingerprint density at radius 1 is 1.45 bits per heavy atom. The van der Waals surface area contributed by atoms with Gasteiger partial charge in [0, 0.05) is 12.6 Å². The van der Waals surface area contributed by atoms with E-state index in [1.54, 1.807) is 0 Å². The molecule has 2 atom stereocenters. The second kappa shape index (κ2) is 5.95. The molecule has 0 aliphatic carbocycles. The molecule has 0 aromatic carbocycles. The largest absolute Gasteiger partial charge is 0.364 e. The number of alkyl halides is 4. The number of aliphatic hydroxyl groups is 1. The third kappa shape index (κ3) is 2.86. The van der Waals surface area contributed by atoms with Gasteiger partial charge in [-0.2, -0.15) is 15.2 Å². The molecular weight excluding hydrogens is 376 g/mol. The molecule has 0 saturated carbocycles. The van der Waals surface area contributed by atoms with Gasteiger partial charge >= 0.3 is 0 Å². The molecule has 1 aromatic heterocycles. The van der Waals surface area contributed by atoms with Crippen molar-refractivity contribution < 1.29 is 27.5 Å². The minimum Gasteiger partial charge on any atom is -0.364 e. The summed E-state index contributed by atoms with van der Waals surface area (Å²) in [6.45, 7) is 1.32. The number of hydrogen-bond acceptors (Lipinski definition) is 4. The Morgan fingerprint density at radius 3 is 2.55 bits per heavy atom. The van der Waals surface area contributed by atoms with E-state index in [0.29, 0.717) is 4.47 Å². The first-order valence-corrected chi connectivity index (χ1v) is 6.86. The van der Waals surface area contributed by atoms with E-state index < -0.39 is 42.7 Å². The van der Waals surface area contributed by atoms with E-state index in [1.807, 2.05) is 0 Å². The van der Waals surface area contributed by atoms with Crippen LogP contribution in [0.4, 0.5) is 17.6 Å². The van der Waals surface area contributed by atoms with Crippen LogP contribution < -0.4 is 0 Å². The van der Waals surface area contributed by atoms with E-state index in [1.165, 1.54) is 19.3 Å². The monoisotopic (exact) mass is 386 g/mol. The van der Waals surface area contributed by atoms with E-state index >= 15 is 0 Å². The van der Waals surface area contributed by atoms with Crippen molar-refractivity contribution in [2.75, 3.05) is 0 Å². The Morgan fingerprint density at radius 2 is 2.09 bits per heavy atom. The van der Waals surface area contributed by atoms with E-state index in [9.17, 15) is 27.5 Å². The van der Waals surface area contributed by atoms with Crippen LogP contribution in [-0.4, -0.2) is 50.1 Å². The SMILES string of the molecule is C[C@@H](C(=O)N1N=C(C(F)F)C[C@@]1(O)C(F)F)n1cc(Br)cn1. The van der Waals surface area contributed by atoms with Gasteiger partial charge in [-0.05, 0) is 22.9 Å². The first kappa shape index (κ1) is 16.9. The number of amides is 1. The summed E-state index contributed by atoms with van der Waals surface area (Å²) in [6.07, 6.45) is -4.94. The van der Waals surface area contributed by atoms with Gasteiger partial charge in [0.05, 0.1) is 10.7 Å². The quantitative estimate of drug-likeness (QED) is 0.804. The number of rotatable bonds is 4.